The highest BCUT2D eigenvalue weighted by Gasteiger charge is 2.44. The van der Waals surface area contributed by atoms with Crippen molar-refractivity contribution in [3.63, 3.8) is 0 Å². The minimum Gasteiger partial charge on any atom is -0.386 e. The van der Waals surface area contributed by atoms with Gasteiger partial charge in [-0.15, -0.1) is 0 Å². The molecule has 132 valence electrons. The minimum absolute atomic E-state index is 0.148. The lowest BCUT2D eigenvalue weighted by molar-refractivity contribution is -0.124. The van der Waals surface area contributed by atoms with Crippen LogP contribution in [-0.4, -0.2) is 44.1 Å². The molecule has 0 saturated heterocycles. The highest BCUT2D eigenvalue weighted by molar-refractivity contribution is 5.94. The predicted octanol–water partition coefficient (Wildman–Crippen LogP) is 1.86. The van der Waals surface area contributed by atoms with Gasteiger partial charge in [0.15, 0.2) is 0 Å². The van der Waals surface area contributed by atoms with Crippen molar-refractivity contribution in [3.8, 4) is 0 Å². The number of carbonyl (C=O) groups excluding carboxylic acids is 1. The Morgan fingerprint density at radius 3 is 2.92 bits per heavy atom. The van der Waals surface area contributed by atoms with Gasteiger partial charge in [0.05, 0.1) is 0 Å². The van der Waals surface area contributed by atoms with Crippen LogP contribution in [0.25, 0.3) is 0 Å². The molecule has 2 atom stereocenters. The van der Waals surface area contributed by atoms with Crippen LogP contribution < -0.4 is 11.1 Å². The Morgan fingerprint density at radius 1 is 1.54 bits per heavy atom. The molecule has 0 bridgehead atoms. The van der Waals surface area contributed by atoms with Gasteiger partial charge in [0.25, 0.3) is 11.8 Å². The van der Waals surface area contributed by atoms with Gasteiger partial charge >= 0.3 is 0 Å². The number of nitrogens with one attached hydrogen (secondary N) is 1. The van der Waals surface area contributed by atoms with Crippen molar-refractivity contribution in [3.05, 3.63) is 29.6 Å². The lowest BCUT2D eigenvalue weighted by Crippen LogP contribution is -2.30. The first-order valence-corrected chi connectivity index (χ1v) is 7.15. The summed E-state index contributed by atoms with van der Waals surface area (Å²) in [6, 6.07) is 1.51. The highest BCUT2D eigenvalue weighted by Crippen LogP contribution is 2.38. The molecule has 1 amide bonds. The predicted molar refractivity (Wildman–Crippen MR) is 81.6 cm³/mol. The Labute approximate surface area is 136 Å². The second kappa shape index (κ2) is 7.18. The summed E-state index contributed by atoms with van der Waals surface area (Å²) in [7, 11) is 1.35. The molecule has 9 heteroatoms. The molecule has 1 heterocycles. The molecule has 2 rings (SSSR count). The number of hydrogen-bond donors (Lipinski definition) is 2. The van der Waals surface area contributed by atoms with Crippen molar-refractivity contribution in [2.24, 2.45) is 10.7 Å². The van der Waals surface area contributed by atoms with Crippen LogP contribution in [-0.2, 0) is 14.3 Å². The number of carbonyl (C=O) groups is 1. The number of rotatable bonds is 4. The van der Waals surface area contributed by atoms with Crippen molar-refractivity contribution in [1.29, 1.82) is 0 Å². The van der Waals surface area contributed by atoms with Crippen LogP contribution in [0, 0.1) is 5.82 Å². The zero-order valence-electron chi connectivity index (χ0n) is 13.2. The van der Waals surface area contributed by atoms with E-state index in [4.69, 9.17) is 15.2 Å². The number of benzene rings is 1. The van der Waals surface area contributed by atoms with Gasteiger partial charge in [0.2, 0.25) is 0 Å². The quantitative estimate of drug-likeness (QED) is 0.872. The van der Waals surface area contributed by atoms with Gasteiger partial charge in [-0.2, -0.15) is 0 Å². The van der Waals surface area contributed by atoms with Gasteiger partial charge in [-0.3, -0.25) is 9.79 Å². The maximum absolute atomic E-state index is 14.2. The fourth-order valence-corrected chi connectivity index (χ4v) is 2.15. The number of alkyl halides is 2. The van der Waals surface area contributed by atoms with Gasteiger partial charge < -0.3 is 20.5 Å². The molecule has 0 aliphatic carbocycles. The minimum atomic E-state index is -3.44. The number of amides is 1. The zero-order valence-corrected chi connectivity index (χ0v) is 13.2. The van der Waals surface area contributed by atoms with Crippen molar-refractivity contribution < 1.29 is 27.4 Å². The number of amidine groups is 1. The molecule has 0 saturated carbocycles. The number of ether oxygens (including phenoxy) is 2. The number of nitrogens with two attached hydrogens (primary N) is 1. The number of halogens is 3. The van der Waals surface area contributed by atoms with E-state index in [1.54, 1.807) is 0 Å². The lowest BCUT2D eigenvalue weighted by atomic mass is 10.00. The monoisotopic (exact) mass is 345 g/mol. The highest BCUT2D eigenvalue weighted by atomic mass is 19.3. The number of methoxy groups -OCH3 is 1. The van der Waals surface area contributed by atoms with E-state index in [9.17, 15) is 18.0 Å². The summed E-state index contributed by atoms with van der Waals surface area (Å²) in [6.45, 7) is 0.329. The molecule has 1 aliphatic rings. The molecular formula is C15H18F3N3O3. The molecule has 1 aromatic carbocycles. The zero-order chi connectivity index (χ0) is 17.9. The molecule has 0 aromatic heterocycles. The summed E-state index contributed by atoms with van der Waals surface area (Å²) in [5.74, 6) is -4.96. The van der Waals surface area contributed by atoms with E-state index < -0.39 is 36.4 Å². The van der Waals surface area contributed by atoms with Gasteiger partial charge in [-0.25, -0.2) is 13.2 Å². The number of aliphatic imine (C=N–C) groups is 1. The fourth-order valence-electron chi connectivity index (χ4n) is 2.15. The smallest absolute Gasteiger partial charge is 0.297 e. The van der Waals surface area contributed by atoms with Crippen molar-refractivity contribution in [2.75, 3.05) is 25.6 Å². The maximum Gasteiger partial charge on any atom is 0.297 e. The van der Waals surface area contributed by atoms with Crippen LogP contribution in [0.3, 0.4) is 0 Å². The topological polar surface area (TPSA) is 85.9 Å². The Kier molecular flexibility index (Phi) is 5.45. The number of hydrogen-bond acceptors (Lipinski definition) is 5. The second-order valence-corrected chi connectivity index (χ2v) is 5.38. The molecule has 24 heavy (non-hydrogen) atoms. The number of nitrogens with zero attached hydrogens (tertiary/aromatic N) is 1. The van der Waals surface area contributed by atoms with E-state index >= 15 is 0 Å². The third-order valence-corrected chi connectivity index (χ3v) is 3.52. The first kappa shape index (κ1) is 18.2. The third kappa shape index (κ3) is 4.04. The van der Waals surface area contributed by atoms with Crippen LogP contribution in [0.15, 0.2) is 23.2 Å². The average Bonchev–Trinajstić information content (AvgIpc) is 2.66. The van der Waals surface area contributed by atoms with Crippen molar-refractivity contribution in [2.45, 2.75) is 25.0 Å². The summed E-state index contributed by atoms with van der Waals surface area (Å²) in [5, 5.41) is 2.47. The Balaban J connectivity index is 2.37. The van der Waals surface area contributed by atoms with Crippen LogP contribution in [0.1, 0.15) is 18.5 Å². The normalized spacial score (nSPS) is 21.5. The van der Waals surface area contributed by atoms with Crippen LogP contribution in [0.2, 0.25) is 0 Å². The van der Waals surface area contributed by atoms with Gasteiger partial charge in [0, 0.05) is 18.4 Å². The largest absolute Gasteiger partial charge is 0.386 e. The summed E-state index contributed by atoms with van der Waals surface area (Å²) >= 11 is 0. The summed E-state index contributed by atoms with van der Waals surface area (Å²) in [5.41, 5.74) is 5.26. The molecule has 3 N–H and O–H groups in total. The van der Waals surface area contributed by atoms with E-state index in [0.717, 1.165) is 12.1 Å². The lowest BCUT2D eigenvalue weighted by Gasteiger charge is -2.23. The summed E-state index contributed by atoms with van der Waals surface area (Å²) in [4.78, 5) is 15.5. The summed E-state index contributed by atoms with van der Waals surface area (Å²) < 4.78 is 52.1. The molecular weight excluding hydrogens is 327 g/mol. The third-order valence-electron chi connectivity index (χ3n) is 3.52. The molecule has 2 unspecified atom stereocenters. The van der Waals surface area contributed by atoms with Crippen LogP contribution in [0.5, 0.6) is 0 Å². The molecule has 6 nitrogen and oxygen atoms in total. The molecule has 0 spiro atoms. The summed E-state index contributed by atoms with van der Waals surface area (Å²) in [6.07, 6.45) is -0.750. The van der Waals surface area contributed by atoms with Gasteiger partial charge in [-0.1, -0.05) is 0 Å². The van der Waals surface area contributed by atoms with E-state index in [-0.39, 0.29) is 23.7 Å². The fraction of sp³-hybridized carbons (Fsp3) is 0.467. The average molecular weight is 345 g/mol. The first-order valence-electron chi connectivity index (χ1n) is 7.15. The maximum atomic E-state index is 14.2. The van der Waals surface area contributed by atoms with Crippen molar-refractivity contribution >= 4 is 17.4 Å². The van der Waals surface area contributed by atoms with Crippen LogP contribution in [0.4, 0.5) is 18.9 Å². The van der Waals surface area contributed by atoms with Crippen molar-refractivity contribution in [1.82, 2.24) is 0 Å². The van der Waals surface area contributed by atoms with E-state index in [1.165, 1.54) is 20.1 Å². The molecule has 0 fully saturated rings. The van der Waals surface area contributed by atoms with E-state index in [1.807, 2.05) is 0 Å². The Bertz CT molecular complexity index is 652. The molecule has 0 radical (unpaired) electrons. The SMILES string of the molecule is COC(C)C(=O)Nc1ccc(F)c(C2N=C(N)COCC2(F)F)c1. The van der Waals surface area contributed by atoms with Crippen LogP contribution >= 0.6 is 0 Å². The Hall–Kier alpha value is -2.13. The number of anilines is 1. The second-order valence-electron chi connectivity index (χ2n) is 5.38. The Morgan fingerprint density at radius 2 is 2.25 bits per heavy atom. The molecule has 1 aromatic rings. The molecule has 1 aliphatic heterocycles. The van der Waals surface area contributed by atoms with E-state index in [0.29, 0.717) is 0 Å². The van der Waals surface area contributed by atoms with Gasteiger partial charge in [0.1, 0.15) is 37.0 Å². The standard InChI is InChI=1S/C15H18F3N3O3/c1-8(23-2)14(22)20-9-3-4-11(16)10(5-9)13-15(17,18)7-24-6-12(19)21-13/h3-5,8,13H,6-7H2,1-2H3,(H2,19,21)(H,20,22). The van der Waals surface area contributed by atoms with Gasteiger partial charge in [-0.05, 0) is 25.1 Å². The first-order chi connectivity index (χ1) is 11.2. The van der Waals surface area contributed by atoms with E-state index in [2.05, 4.69) is 10.3 Å².